The van der Waals surface area contributed by atoms with Gasteiger partial charge in [0.15, 0.2) is 10.5 Å². The van der Waals surface area contributed by atoms with Crippen molar-refractivity contribution < 1.29 is 19.1 Å². The van der Waals surface area contributed by atoms with Gasteiger partial charge in [0.05, 0.1) is 29.0 Å². The summed E-state index contributed by atoms with van der Waals surface area (Å²) in [7, 11) is 1.62. The lowest BCUT2D eigenvalue weighted by molar-refractivity contribution is 0.0526. The van der Waals surface area contributed by atoms with E-state index in [1.165, 1.54) is 11.3 Å². The van der Waals surface area contributed by atoms with E-state index in [1.54, 1.807) is 43.1 Å². The summed E-state index contributed by atoms with van der Waals surface area (Å²) in [5.74, 6) is -0.781. The quantitative estimate of drug-likeness (QED) is 0.567. The number of hydrogen-bond donors (Lipinski definition) is 0. The first-order valence-corrected chi connectivity index (χ1v) is 9.81. The zero-order valence-corrected chi connectivity index (χ0v) is 16.9. The van der Waals surface area contributed by atoms with E-state index in [2.05, 4.69) is 10.1 Å². The molecule has 0 N–H and O–H groups in total. The van der Waals surface area contributed by atoms with Crippen molar-refractivity contribution >= 4 is 33.4 Å². The molecule has 0 aliphatic carbocycles. The van der Waals surface area contributed by atoms with Gasteiger partial charge in [0.25, 0.3) is 5.91 Å². The molecule has 2 aromatic heterocycles. The molecule has 3 aromatic rings. The van der Waals surface area contributed by atoms with Crippen LogP contribution in [0.5, 0.6) is 0 Å². The summed E-state index contributed by atoms with van der Waals surface area (Å²) >= 11 is 1.34. The minimum atomic E-state index is -0.407. The number of aromatic nitrogens is 3. The minimum Gasteiger partial charge on any atom is -0.462 e. The highest BCUT2D eigenvalue weighted by atomic mass is 32.1. The molecule has 1 aromatic carbocycles. The molecule has 0 saturated heterocycles. The second kappa shape index (κ2) is 8.94. The van der Waals surface area contributed by atoms with Crippen LogP contribution in [0.25, 0.3) is 10.2 Å². The Morgan fingerprint density at radius 2 is 2.07 bits per heavy atom. The van der Waals surface area contributed by atoms with Crippen molar-refractivity contribution in [3.05, 3.63) is 46.5 Å². The summed E-state index contributed by atoms with van der Waals surface area (Å²) in [4.78, 5) is 29.4. The Morgan fingerprint density at radius 1 is 1.25 bits per heavy atom. The molecule has 148 valence electrons. The Hall–Kier alpha value is -2.78. The number of methoxy groups -OCH3 is 1. The highest BCUT2D eigenvalue weighted by Crippen LogP contribution is 2.20. The van der Waals surface area contributed by atoms with Crippen LogP contribution in [0.4, 0.5) is 0 Å². The van der Waals surface area contributed by atoms with Crippen molar-refractivity contribution in [3.63, 3.8) is 0 Å². The fraction of sp³-hybridized carbons (Fsp3) is 0.368. The molecule has 0 atom stereocenters. The monoisotopic (exact) mass is 402 g/mol. The Balaban J connectivity index is 2.05. The summed E-state index contributed by atoms with van der Waals surface area (Å²) in [5.41, 5.74) is 1.64. The number of aryl methyl sites for hydroxylation is 1. The molecule has 0 fully saturated rings. The molecule has 0 radical (unpaired) electrons. The van der Waals surface area contributed by atoms with Crippen LogP contribution in [0.3, 0.4) is 0 Å². The topological polar surface area (TPSA) is 87.7 Å². The van der Waals surface area contributed by atoms with Crippen LogP contribution in [0, 0.1) is 0 Å². The number of hydrogen-bond acceptors (Lipinski definition) is 6. The minimum absolute atomic E-state index is 0.296. The van der Waals surface area contributed by atoms with E-state index < -0.39 is 5.91 Å². The van der Waals surface area contributed by atoms with Gasteiger partial charge in [-0.3, -0.25) is 9.48 Å². The number of ether oxygens (including phenoxy) is 2. The van der Waals surface area contributed by atoms with E-state index >= 15 is 0 Å². The number of carbonyl (C=O) groups excluding carboxylic acids is 2. The molecule has 0 saturated carbocycles. The number of fused-ring (bicyclic) bond motifs is 1. The first kappa shape index (κ1) is 20.0. The van der Waals surface area contributed by atoms with Gasteiger partial charge in [0, 0.05) is 26.4 Å². The van der Waals surface area contributed by atoms with Crippen molar-refractivity contribution in [2.45, 2.75) is 26.9 Å². The van der Waals surface area contributed by atoms with E-state index in [0.717, 1.165) is 10.2 Å². The zero-order valence-electron chi connectivity index (χ0n) is 16.0. The Morgan fingerprint density at radius 3 is 2.75 bits per heavy atom. The van der Waals surface area contributed by atoms with Crippen molar-refractivity contribution in [1.82, 2.24) is 14.3 Å². The SMILES string of the molecule is CCOC(=O)c1ccc2c(c1)sc(=NC(=O)c1ccn(CC)n1)n2CCOC. The summed E-state index contributed by atoms with van der Waals surface area (Å²) in [6, 6.07) is 6.96. The fourth-order valence-corrected chi connectivity index (χ4v) is 3.79. The number of rotatable bonds is 7. The van der Waals surface area contributed by atoms with E-state index in [4.69, 9.17) is 9.47 Å². The average Bonchev–Trinajstić information content (AvgIpc) is 3.30. The van der Waals surface area contributed by atoms with Crippen LogP contribution >= 0.6 is 11.3 Å². The lowest BCUT2D eigenvalue weighted by Gasteiger charge is -2.05. The fourth-order valence-electron chi connectivity index (χ4n) is 2.69. The Labute approximate surface area is 166 Å². The molecular formula is C19H22N4O4S. The number of nitrogens with zero attached hydrogens (tertiary/aromatic N) is 4. The maximum Gasteiger partial charge on any atom is 0.338 e. The third-order valence-electron chi connectivity index (χ3n) is 4.09. The molecule has 1 amide bonds. The van der Waals surface area contributed by atoms with Crippen LogP contribution in [-0.2, 0) is 22.6 Å². The predicted molar refractivity (Wildman–Crippen MR) is 105 cm³/mol. The molecule has 0 unspecified atom stereocenters. The second-order valence-electron chi connectivity index (χ2n) is 5.91. The maximum absolute atomic E-state index is 12.6. The standard InChI is InChI=1S/C19H22N4O4S/c1-4-22-9-8-14(21-22)17(24)20-19-23(10-11-26-3)15-7-6-13(12-16(15)28-19)18(25)27-5-2/h6-9,12H,4-5,10-11H2,1-3H3. The number of benzene rings is 1. The van der Waals surface area contributed by atoms with Gasteiger partial charge in [-0.15, -0.1) is 0 Å². The van der Waals surface area contributed by atoms with Crippen LogP contribution in [0.1, 0.15) is 34.7 Å². The third-order valence-corrected chi connectivity index (χ3v) is 5.14. The van der Waals surface area contributed by atoms with E-state index in [-0.39, 0.29) is 5.97 Å². The summed E-state index contributed by atoms with van der Waals surface area (Å²) < 4.78 is 14.7. The molecule has 0 aliphatic rings. The predicted octanol–water partition coefficient (Wildman–Crippen LogP) is 2.48. The van der Waals surface area contributed by atoms with Crippen molar-refractivity contribution in [2.75, 3.05) is 20.3 Å². The molecule has 9 heteroatoms. The van der Waals surface area contributed by atoms with E-state index in [9.17, 15) is 9.59 Å². The van der Waals surface area contributed by atoms with Crippen molar-refractivity contribution in [3.8, 4) is 0 Å². The molecule has 8 nitrogen and oxygen atoms in total. The molecule has 28 heavy (non-hydrogen) atoms. The second-order valence-corrected chi connectivity index (χ2v) is 6.91. The van der Waals surface area contributed by atoms with Gasteiger partial charge >= 0.3 is 5.97 Å². The first-order valence-electron chi connectivity index (χ1n) is 8.99. The molecular weight excluding hydrogens is 380 g/mol. The van der Waals surface area contributed by atoms with Crippen molar-refractivity contribution in [1.29, 1.82) is 0 Å². The first-order chi connectivity index (χ1) is 13.6. The molecule has 2 heterocycles. The lowest BCUT2D eigenvalue weighted by atomic mass is 10.2. The Bertz CT molecular complexity index is 1060. The molecule has 3 rings (SSSR count). The largest absolute Gasteiger partial charge is 0.462 e. The van der Waals surface area contributed by atoms with E-state index in [0.29, 0.717) is 42.4 Å². The lowest BCUT2D eigenvalue weighted by Crippen LogP contribution is -2.19. The highest BCUT2D eigenvalue weighted by Gasteiger charge is 2.14. The smallest absolute Gasteiger partial charge is 0.338 e. The molecule has 0 bridgehead atoms. The van der Waals surface area contributed by atoms with Crippen LogP contribution in [-0.4, -0.2) is 46.5 Å². The van der Waals surface area contributed by atoms with Gasteiger partial charge < -0.3 is 14.0 Å². The summed E-state index contributed by atoms with van der Waals surface area (Å²) in [5, 5.41) is 4.21. The summed E-state index contributed by atoms with van der Waals surface area (Å²) in [6.07, 6.45) is 1.75. The molecule has 0 aliphatic heterocycles. The van der Waals surface area contributed by atoms with Crippen LogP contribution in [0.2, 0.25) is 0 Å². The van der Waals surface area contributed by atoms with Gasteiger partial charge in [0.2, 0.25) is 0 Å². The normalized spacial score (nSPS) is 11.9. The highest BCUT2D eigenvalue weighted by molar-refractivity contribution is 7.16. The number of esters is 1. The van der Waals surface area contributed by atoms with Crippen LogP contribution < -0.4 is 4.80 Å². The number of amides is 1. The van der Waals surface area contributed by atoms with Gasteiger partial charge in [-0.2, -0.15) is 10.1 Å². The van der Waals surface area contributed by atoms with Gasteiger partial charge in [0.1, 0.15) is 0 Å². The number of carbonyl (C=O) groups is 2. The van der Waals surface area contributed by atoms with Gasteiger partial charge in [-0.1, -0.05) is 11.3 Å². The average molecular weight is 402 g/mol. The summed E-state index contributed by atoms with van der Waals surface area (Å²) in [6.45, 7) is 5.71. The third kappa shape index (κ3) is 4.20. The Kier molecular flexibility index (Phi) is 6.37. The van der Waals surface area contributed by atoms with E-state index in [1.807, 2.05) is 17.6 Å². The van der Waals surface area contributed by atoms with Crippen molar-refractivity contribution in [2.24, 2.45) is 4.99 Å². The maximum atomic E-state index is 12.6. The zero-order chi connectivity index (χ0) is 20.1. The van der Waals surface area contributed by atoms with Gasteiger partial charge in [-0.25, -0.2) is 4.79 Å². The van der Waals surface area contributed by atoms with Crippen LogP contribution in [0.15, 0.2) is 35.5 Å². The number of thiazole rings is 1. The molecule has 0 spiro atoms. The van der Waals surface area contributed by atoms with Gasteiger partial charge in [-0.05, 0) is 38.1 Å².